The Morgan fingerprint density at radius 1 is 1.11 bits per heavy atom. The second-order valence-corrected chi connectivity index (χ2v) is 6.01. The molecule has 1 aromatic carbocycles. The van der Waals surface area contributed by atoms with Crippen molar-refractivity contribution in [3.8, 4) is 0 Å². The summed E-state index contributed by atoms with van der Waals surface area (Å²) in [5.74, 6) is 0. The van der Waals surface area contributed by atoms with Gasteiger partial charge in [-0.05, 0) is 44.1 Å². The van der Waals surface area contributed by atoms with Crippen molar-refractivity contribution in [2.24, 2.45) is 0 Å². The summed E-state index contributed by atoms with van der Waals surface area (Å²) in [5, 5.41) is 3.70. The molecular weight excluding hydrogens is 234 g/mol. The van der Waals surface area contributed by atoms with E-state index in [4.69, 9.17) is 0 Å². The number of hydrogen-bond donors (Lipinski definition) is 1. The lowest BCUT2D eigenvalue weighted by atomic mass is 9.95. The smallest absolute Gasteiger partial charge is 0.0238 e. The molecule has 1 fully saturated rings. The van der Waals surface area contributed by atoms with Gasteiger partial charge >= 0.3 is 0 Å². The zero-order valence-electron chi connectivity index (χ0n) is 11.9. The summed E-state index contributed by atoms with van der Waals surface area (Å²) in [5.41, 5.74) is 3.02. The monoisotopic (exact) mass is 259 g/mol. The highest BCUT2D eigenvalue weighted by molar-refractivity contribution is 5.29. The van der Waals surface area contributed by atoms with E-state index in [2.05, 4.69) is 46.4 Å². The zero-order valence-corrected chi connectivity index (χ0v) is 11.9. The molecule has 3 rings (SSSR count). The van der Waals surface area contributed by atoms with Crippen LogP contribution < -0.4 is 5.32 Å². The molecule has 0 aliphatic carbocycles. The van der Waals surface area contributed by atoms with Gasteiger partial charge in [0, 0.05) is 32.2 Å². The standard InChI is InChI=1S/C16H25N3/c1-18-7-4-8-19(10-9-18)13-16-11-14-5-2-3-6-15(14)12-17-16/h2-3,5-6,16-17H,4,7-13H2,1H3. The minimum atomic E-state index is 0.623. The Hall–Kier alpha value is -0.900. The van der Waals surface area contributed by atoms with Crippen molar-refractivity contribution in [3.05, 3.63) is 35.4 Å². The number of rotatable bonds is 2. The normalized spacial score (nSPS) is 25.8. The van der Waals surface area contributed by atoms with Crippen LogP contribution in [0.5, 0.6) is 0 Å². The number of benzene rings is 1. The number of likely N-dealkylation sites (N-methyl/N-ethyl adjacent to an activating group) is 1. The SMILES string of the molecule is CN1CCCN(CC2Cc3ccccc3CN2)CC1. The first-order chi connectivity index (χ1) is 9.31. The lowest BCUT2D eigenvalue weighted by molar-refractivity contribution is 0.241. The van der Waals surface area contributed by atoms with E-state index in [1.807, 2.05) is 0 Å². The first-order valence-electron chi connectivity index (χ1n) is 7.52. The summed E-state index contributed by atoms with van der Waals surface area (Å²) >= 11 is 0. The Kier molecular flexibility index (Phi) is 4.16. The van der Waals surface area contributed by atoms with Gasteiger partial charge in [0.15, 0.2) is 0 Å². The van der Waals surface area contributed by atoms with Crippen molar-refractivity contribution in [1.29, 1.82) is 0 Å². The summed E-state index contributed by atoms with van der Waals surface area (Å²) in [4.78, 5) is 5.08. The molecule has 0 radical (unpaired) electrons. The van der Waals surface area contributed by atoms with Crippen LogP contribution >= 0.6 is 0 Å². The summed E-state index contributed by atoms with van der Waals surface area (Å²) in [7, 11) is 2.23. The molecule has 0 amide bonds. The molecule has 3 heteroatoms. The van der Waals surface area contributed by atoms with Crippen LogP contribution in [0.1, 0.15) is 17.5 Å². The average molecular weight is 259 g/mol. The average Bonchev–Trinajstić information content (AvgIpc) is 2.64. The molecule has 1 atom stereocenters. The number of fused-ring (bicyclic) bond motifs is 1. The van der Waals surface area contributed by atoms with E-state index in [1.54, 1.807) is 0 Å². The molecule has 0 bridgehead atoms. The highest BCUT2D eigenvalue weighted by Crippen LogP contribution is 2.17. The van der Waals surface area contributed by atoms with Crippen LogP contribution in [0.15, 0.2) is 24.3 Å². The van der Waals surface area contributed by atoms with Gasteiger partial charge in [-0.15, -0.1) is 0 Å². The maximum atomic E-state index is 3.70. The van der Waals surface area contributed by atoms with Gasteiger partial charge in [-0.3, -0.25) is 0 Å². The van der Waals surface area contributed by atoms with E-state index in [9.17, 15) is 0 Å². The van der Waals surface area contributed by atoms with Crippen LogP contribution in [-0.4, -0.2) is 55.6 Å². The Balaban J connectivity index is 1.57. The van der Waals surface area contributed by atoms with E-state index < -0.39 is 0 Å². The van der Waals surface area contributed by atoms with Gasteiger partial charge in [0.25, 0.3) is 0 Å². The summed E-state index contributed by atoms with van der Waals surface area (Å²) in [6.45, 7) is 7.16. The third kappa shape index (κ3) is 3.35. The maximum Gasteiger partial charge on any atom is 0.0238 e. The maximum absolute atomic E-state index is 3.70. The molecule has 1 saturated heterocycles. The molecule has 2 aliphatic rings. The fraction of sp³-hybridized carbons (Fsp3) is 0.625. The fourth-order valence-electron chi connectivity index (χ4n) is 3.24. The van der Waals surface area contributed by atoms with Crippen LogP contribution in [0.2, 0.25) is 0 Å². The second-order valence-electron chi connectivity index (χ2n) is 6.01. The molecule has 0 aromatic heterocycles. The summed E-state index contributed by atoms with van der Waals surface area (Å²) in [6.07, 6.45) is 2.49. The Bertz CT molecular complexity index is 418. The lowest BCUT2D eigenvalue weighted by Gasteiger charge is -2.31. The summed E-state index contributed by atoms with van der Waals surface area (Å²) in [6, 6.07) is 9.48. The molecule has 1 unspecified atom stereocenters. The Labute approximate surface area is 116 Å². The zero-order chi connectivity index (χ0) is 13.1. The summed E-state index contributed by atoms with van der Waals surface area (Å²) < 4.78 is 0. The van der Waals surface area contributed by atoms with E-state index >= 15 is 0 Å². The van der Waals surface area contributed by atoms with Crippen LogP contribution in [0.3, 0.4) is 0 Å². The van der Waals surface area contributed by atoms with Crippen molar-refractivity contribution in [2.75, 3.05) is 39.8 Å². The molecule has 0 saturated carbocycles. The number of nitrogens with zero attached hydrogens (tertiary/aromatic N) is 2. The first kappa shape index (κ1) is 13.1. The minimum absolute atomic E-state index is 0.623. The molecule has 0 spiro atoms. The molecule has 3 nitrogen and oxygen atoms in total. The number of nitrogens with one attached hydrogen (secondary N) is 1. The van der Waals surface area contributed by atoms with Crippen molar-refractivity contribution in [1.82, 2.24) is 15.1 Å². The van der Waals surface area contributed by atoms with Gasteiger partial charge in [0.05, 0.1) is 0 Å². The van der Waals surface area contributed by atoms with Crippen LogP contribution in [0, 0.1) is 0 Å². The van der Waals surface area contributed by atoms with E-state index in [1.165, 1.54) is 56.7 Å². The molecular formula is C16H25N3. The van der Waals surface area contributed by atoms with Gasteiger partial charge in [0.1, 0.15) is 0 Å². The van der Waals surface area contributed by atoms with Crippen LogP contribution in [0.4, 0.5) is 0 Å². The van der Waals surface area contributed by atoms with Gasteiger partial charge in [-0.25, -0.2) is 0 Å². The molecule has 2 heterocycles. The van der Waals surface area contributed by atoms with Gasteiger partial charge in [-0.2, -0.15) is 0 Å². The largest absolute Gasteiger partial charge is 0.308 e. The van der Waals surface area contributed by atoms with Crippen LogP contribution in [0.25, 0.3) is 0 Å². The highest BCUT2D eigenvalue weighted by atomic mass is 15.2. The van der Waals surface area contributed by atoms with Crippen molar-refractivity contribution >= 4 is 0 Å². The van der Waals surface area contributed by atoms with Gasteiger partial charge in [0.2, 0.25) is 0 Å². The van der Waals surface area contributed by atoms with Gasteiger partial charge in [-0.1, -0.05) is 24.3 Å². The molecule has 1 aromatic rings. The topological polar surface area (TPSA) is 18.5 Å². The van der Waals surface area contributed by atoms with E-state index in [-0.39, 0.29) is 0 Å². The predicted octanol–water partition coefficient (Wildman–Crippen LogP) is 1.34. The first-order valence-corrected chi connectivity index (χ1v) is 7.52. The van der Waals surface area contributed by atoms with Gasteiger partial charge < -0.3 is 15.1 Å². The number of hydrogen-bond acceptors (Lipinski definition) is 3. The minimum Gasteiger partial charge on any atom is -0.308 e. The molecule has 19 heavy (non-hydrogen) atoms. The van der Waals surface area contributed by atoms with E-state index in [0.717, 1.165) is 6.54 Å². The van der Waals surface area contributed by atoms with Crippen molar-refractivity contribution in [3.63, 3.8) is 0 Å². The Morgan fingerprint density at radius 2 is 1.95 bits per heavy atom. The second kappa shape index (κ2) is 6.04. The third-order valence-corrected chi connectivity index (χ3v) is 4.46. The quantitative estimate of drug-likeness (QED) is 0.864. The lowest BCUT2D eigenvalue weighted by Crippen LogP contribution is -2.45. The van der Waals surface area contributed by atoms with Crippen molar-refractivity contribution in [2.45, 2.75) is 25.4 Å². The highest BCUT2D eigenvalue weighted by Gasteiger charge is 2.21. The molecule has 2 aliphatic heterocycles. The van der Waals surface area contributed by atoms with Crippen LogP contribution in [-0.2, 0) is 13.0 Å². The molecule has 104 valence electrons. The molecule has 1 N–H and O–H groups in total. The third-order valence-electron chi connectivity index (χ3n) is 4.46. The predicted molar refractivity (Wildman–Crippen MR) is 79.3 cm³/mol. The Morgan fingerprint density at radius 3 is 2.84 bits per heavy atom. The van der Waals surface area contributed by atoms with Crippen molar-refractivity contribution < 1.29 is 0 Å². The van der Waals surface area contributed by atoms with E-state index in [0.29, 0.717) is 6.04 Å². The fourth-order valence-corrected chi connectivity index (χ4v) is 3.24.